The molecular formula is C16H24ClN3O. The van der Waals surface area contributed by atoms with Crippen molar-refractivity contribution >= 4 is 23.3 Å². The molecule has 4 nitrogen and oxygen atoms in total. The molecule has 2 rings (SSSR count). The number of carbonyl (C=O) groups is 1. The quantitative estimate of drug-likeness (QED) is 0.899. The van der Waals surface area contributed by atoms with Crippen molar-refractivity contribution in [3.05, 3.63) is 22.8 Å². The number of halogens is 1. The first-order chi connectivity index (χ1) is 10.1. The molecule has 21 heavy (non-hydrogen) atoms. The van der Waals surface area contributed by atoms with E-state index >= 15 is 0 Å². The Balaban J connectivity index is 2.05. The molecule has 1 N–H and O–H groups in total. The number of hydrogen-bond donors (Lipinski definition) is 1. The largest absolute Gasteiger partial charge is 0.370 e. The number of amides is 1. The van der Waals surface area contributed by atoms with Crippen LogP contribution >= 0.6 is 11.6 Å². The third-order valence-electron chi connectivity index (χ3n) is 4.01. The Morgan fingerprint density at radius 2 is 2.10 bits per heavy atom. The molecule has 0 spiro atoms. The highest BCUT2D eigenvalue weighted by Crippen LogP contribution is 2.25. The number of aromatic nitrogens is 1. The zero-order valence-electron chi connectivity index (χ0n) is 12.9. The topological polar surface area (TPSA) is 45.2 Å². The number of hydrogen-bond acceptors (Lipinski definition) is 3. The SMILES string of the molecule is CCNc1ccc(Cl)c(C(=O)N(C)CC2CCCCC2)n1. The molecule has 0 unspecified atom stereocenters. The van der Waals surface area contributed by atoms with Crippen LogP contribution in [0.25, 0.3) is 0 Å². The molecule has 0 saturated heterocycles. The predicted molar refractivity (Wildman–Crippen MR) is 86.9 cm³/mol. The second-order valence-electron chi connectivity index (χ2n) is 5.75. The summed E-state index contributed by atoms with van der Waals surface area (Å²) < 4.78 is 0. The summed E-state index contributed by atoms with van der Waals surface area (Å²) in [5, 5.41) is 3.52. The highest BCUT2D eigenvalue weighted by molar-refractivity contribution is 6.33. The van der Waals surface area contributed by atoms with Gasteiger partial charge in [-0.2, -0.15) is 0 Å². The van der Waals surface area contributed by atoms with E-state index in [1.54, 1.807) is 17.0 Å². The number of pyridine rings is 1. The highest BCUT2D eigenvalue weighted by atomic mass is 35.5. The van der Waals surface area contributed by atoms with Crippen LogP contribution in [-0.4, -0.2) is 35.9 Å². The van der Waals surface area contributed by atoms with E-state index in [1.807, 2.05) is 14.0 Å². The van der Waals surface area contributed by atoms with Crippen LogP contribution in [0, 0.1) is 5.92 Å². The number of rotatable bonds is 5. The summed E-state index contributed by atoms with van der Waals surface area (Å²) in [7, 11) is 1.84. The molecule has 0 radical (unpaired) electrons. The monoisotopic (exact) mass is 309 g/mol. The molecular weight excluding hydrogens is 286 g/mol. The van der Waals surface area contributed by atoms with Gasteiger partial charge in [-0.25, -0.2) is 4.98 Å². The highest BCUT2D eigenvalue weighted by Gasteiger charge is 2.22. The fraction of sp³-hybridized carbons (Fsp3) is 0.625. The van der Waals surface area contributed by atoms with Gasteiger partial charge in [-0.15, -0.1) is 0 Å². The van der Waals surface area contributed by atoms with Crippen LogP contribution in [0.2, 0.25) is 5.02 Å². The average molecular weight is 310 g/mol. The van der Waals surface area contributed by atoms with Gasteiger partial charge in [0.15, 0.2) is 0 Å². The Hall–Kier alpha value is -1.29. The summed E-state index contributed by atoms with van der Waals surface area (Å²) in [6, 6.07) is 3.53. The molecule has 1 heterocycles. The van der Waals surface area contributed by atoms with Crippen LogP contribution in [0.15, 0.2) is 12.1 Å². The van der Waals surface area contributed by atoms with Gasteiger partial charge >= 0.3 is 0 Å². The van der Waals surface area contributed by atoms with Gasteiger partial charge in [0.1, 0.15) is 11.5 Å². The van der Waals surface area contributed by atoms with Crippen molar-refractivity contribution in [1.29, 1.82) is 0 Å². The zero-order chi connectivity index (χ0) is 15.2. The first-order valence-corrected chi connectivity index (χ1v) is 8.15. The van der Waals surface area contributed by atoms with Gasteiger partial charge in [0.25, 0.3) is 5.91 Å². The average Bonchev–Trinajstić information content (AvgIpc) is 2.50. The van der Waals surface area contributed by atoms with Gasteiger partial charge in [-0.05, 0) is 37.8 Å². The minimum absolute atomic E-state index is 0.0923. The lowest BCUT2D eigenvalue weighted by molar-refractivity contribution is 0.0755. The van der Waals surface area contributed by atoms with Crippen molar-refractivity contribution in [3.8, 4) is 0 Å². The van der Waals surface area contributed by atoms with E-state index in [0.29, 0.717) is 22.5 Å². The van der Waals surface area contributed by atoms with Crippen molar-refractivity contribution in [3.63, 3.8) is 0 Å². The van der Waals surface area contributed by atoms with Crippen LogP contribution in [0.4, 0.5) is 5.82 Å². The maximum atomic E-state index is 12.5. The van der Waals surface area contributed by atoms with Crippen molar-refractivity contribution < 1.29 is 4.79 Å². The van der Waals surface area contributed by atoms with E-state index < -0.39 is 0 Å². The number of carbonyl (C=O) groups excluding carboxylic acids is 1. The molecule has 0 bridgehead atoms. The van der Waals surface area contributed by atoms with Crippen LogP contribution in [0.1, 0.15) is 49.5 Å². The van der Waals surface area contributed by atoms with E-state index in [2.05, 4.69) is 10.3 Å². The maximum Gasteiger partial charge on any atom is 0.273 e. The first kappa shape index (κ1) is 16.1. The van der Waals surface area contributed by atoms with E-state index in [-0.39, 0.29) is 5.91 Å². The van der Waals surface area contributed by atoms with Gasteiger partial charge < -0.3 is 10.2 Å². The molecule has 0 aliphatic heterocycles. The van der Waals surface area contributed by atoms with Crippen molar-refractivity contribution in [1.82, 2.24) is 9.88 Å². The summed E-state index contributed by atoms with van der Waals surface area (Å²) in [6.45, 7) is 3.55. The van der Waals surface area contributed by atoms with Crippen LogP contribution in [-0.2, 0) is 0 Å². The summed E-state index contributed by atoms with van der Waals surface area (Å²) in [6.07, 6.45) is 6.32. The zero-order valence-corrected chi connectivity index (χ0v) is 13.6. The van der Waals surface area contributed by atoms with Crippen molar-refractivity contribution in [2.75, 3.05) is 25.5 Å². The van der Waals surface area contributed by atoms with Gasteiger partial charge in [-0.3, -0.25) is 4.79 Å². The van der Waals surface area contributed by atoms with Gasteiger partial charge in [-0.1, -0.05) is 30.9 Å². The Kier molecular flexibility index (Phi) is 5.85. The standard InChI is InChI=1S/C16H24ClN3O/c1-3-18-14-10-9-13(17)15(19-14)16(21)20(2)11-12-7-5-4-6-8-12/h9-10,12H,3-8,11H2,1-2H3,(H,18,19). The van der Waals surface area contributed by atoms with E-state index in [9.17, 15) is 4.79 Å². The summed E-state index contributed by atoms with van der Waals surface area (Å²) in [5.41, 5.74) is 0.341. The Morgan fingerprint density at radius 1 is 1.38 bits per heavy atom. The van der Waals surface area contributed by atoms with Crippen LogP contribution < -0.4 is 5.32 Å². The van der Waals surface area contributed by atoms with Gasteiger partial charge in [0.2, 0.25) is 0 Å². The van der Waals surface area contributed by atoms with Crippen molar-refractivity contribution in [2.45, 2.75) is 39.0 Å². The molecule has 5 heteroatoms. The molecule has 1 aromatic rings. The molecule has 1 aliphatic carbocycles. The lowest BCUT2D eigenvalue weighted by atomic mass is 9.89. The summed E-state index contributed by atoms with van der Waals surface area (Å²) in [4.78, 5) is 18.7. The van der Waals surface area contributed by atoms with E-state index in [0.717, 1.165) is 13.1 Å². The minimum Gasteiger partial charge on any atom is -0.370 e. The Labute approximate surface area is 131 Å². The third kappa shape index (κ3) is 4.34. The van der Waals surface area contributed by atoms with Crippen molar-refractivity contribution in [2.24, 2.45) is 5.92 Å². The number of anilines is 1. The second kappa shape index (κ2) is 7.64. The van der Waals surface area contributed by atoms with Crippen LogP contribution in [0.3, 0.4) is 0 Å². The first-order valence-electron chi connectivity index (χ1n) is 7.77. The Bertz CT molecular complexity index is 486. The third-order valence-corrected chi connectivity index (χ3v) is 4.31. The molecule has 1 amide bonds. The van der Waals surface area contributed by atoms with E-state index in [1.165, 1.54) is 32.1 Å². The predicted octanol–water partition coefficient (Wildman–Crippen LogP) is 3.82. The molecule has 1 fully saturated rings. The molecule has 1 aliphatic rings. The molecule has 1 aromatic heterocycles. The van der Waals surface area contributed by atoms with Gasteiger partial charge in [0.05, 0.1) is 5.02 Å². The summed E-state index contributed by atoms with van der Waals surface area (Å²) >= 11 is 6.14. The molecule has 1 saturated carbocycles. The minimum atomic E-state index is -0.0923. The second-order valence-corrected chi connectivity index (χ2v) is 6.15. The van der Waals surface area contributed by atoms with Gasteiger partial charge in [0, 0.05) is 20.1 Å². The summed E-state index contributed by atoms with van der Waals surface area (Å²) in [5.74, 6) is 1.21. The fourth-order valence-electron chi connectivity index (χ4n) is 2.89. The fourth-order valence-corrected chi connectivity index (χ4v) is 3.08. The Morgan fingerprint density at radius 3 is 2.76 bits per heavy atom. The lowest BCUT2D eigenvalue weighted by Crippen LogP contribution is -2.33. The smallest absolute Gasteiger partial charge is 0.273 e. The van der Waals surface area contributed by atoms with E-state index in [4.69, 9.17) is 11.6 Å². The number of nitrogens with zero attached hydrogens (tertiary/aromatic N) is 2. The number of nitrogens with one attached hydrogen (secondary N) is 1. The molecule has 0 atom stereocenters. The molecule has 0 aromatic carbocycles. The lowest BCUT2D eigenvalue weighted by Gasteiger charge is -2.27. The maximum absolute atomic E-state index is 12.5. The normalized spacial score (nSPS) is 15.8. The van der Waals surface area contributed by atoms with Crippen LogP contribution in [0.5, 0.6) is 0 Å². The molecule has 116 valence electrons.